The van der Waals surface area contributed by atoms with Gasteiger partial charge in [-0.3, -0.25) is 14.5 Å². The Morgan fingerprint density at radius 2 is 2.10 bits per heavy atom. The monoisotopic (exact) mass is 477 g/mol. The number of thiophene rings is 1. The zero-order valence-corrected chi connectivity index (χ0v) is 18.4. The van der Waals surface area contributed by atoms with Gasteiger partial charge in [0.25, 0.3) is 5.91 Å². The molecule has 152 valence electrons. The van der Waals surface area contributed by atoms with Crippen molar-refractivity contribution < 1.29 is 19.1 Å². The fourth-order valence-electron chi connectivity index (χ4n) is 3.77. The standard InChI is InChI=1S/C20H20BrN3O4S/c1-20(15-7-8-16(21)29-15)18(26)24(19(27)22-20)11-17(25)23-9-3-4-12-10-13(28-2)5-6-14(12)23/h5-8,10H,3-4,9,11H2,1-2H3,(H,22,27). The molecule has 0 saturated carbocycles. The first-order chi connectivity index (χ1) is 13.8. The average molecular weight is 478 g/mol. The largest absolute Gasteiger partial charge is 0.497 e. The second-order valence-electron chi connectivity index (χ2n) is 7.19. The lowest BCUT2D eigenvalue weighted by molar-refractivity contribution is -0.134. The highest BCUT2D eigenvalue weighted by molar-refractivity contribution is 9.11. The Bertz CT molecular complexity index is 1010. The number of rotatable bonds is 4. The van der Waals surface area contributed by atoms with Gasteiger partial charge in [-0.2, -0.15) is 0 Å². The lowest BCUT2D eigenvalue weighted by atomic mass is 10.00. The molecule has 0 bridgehead atoms. The molecular formula is C20H20BrN3O4S. The molecule has 1 aromatic heterocycles. The van der Waals surface area contributed by atoms with E-state index in [1.807, 2.05) is 24.3 Å². The van der Waals surface area contributed by atoms with Gasteiger partial charge in [-0.1, -0.05) is 0 Å². The number of methoxy groups -OCH3 is 1. The Labute approximate surface area is 180 Å². The molecule has 2 aliphatic rings. The number of imide groups is 1. The number of carbonyl (C=O) groups is 3. The Morgan fingerprint density at radius 1 is 1.31 bits per heavy atom. The normalized spacial score (nSPS) is 21.2. The Hall–Kier alpha value is -2.39. The highest BCUT2D eigenvalue weighted by atomic mass is 79.9. The molecule has 0 aliphatic carbocycles. The number of nitrogens with zero attached hydrogens (tertiary/aromatic N) is 2. The first kappa shape index (κ1) is 19.9. The Balaban J connectivity index is 1.55. The number of ether oxygens (including phenoxy) is 1. The van der Waals surface area contributed by atoms with Gasteiger partial charge in [0.15, 0.2) is 5.54 Å². The Morgan fingerprint density at radius 3 is 2.79 bits per heavy atom. The molecule has 0 spiro atoms. The minimum Gasteiger partial charge on any atom is -0.497 e. The van der Waals surface area contributed by atoms with Gasteiger partial charge in [0.1, 0.15) is 12.3 Å². The van der Waals surface area contributed by atoms with E-state index in [4.69, 9.17) is 4.74 Å². The first-order valence-electron chi connectivity index (χ1n) is 9.20. The van der Waals surface area contributed by atoms with Crippen LogP contribution in [-0.2, 0) is 21.5 Å². The van der Waals surface area contributed by atoms with Crippen molar-refractivity contribution >= 4 is 50.8 Å². The zero-order chi connectivity index (χ0) is 20.8. The number of carbonyl (C=O) groups excluding carboxylic acids is 3. The van der Waals surface area contributed by atoms with Gasteiger partial charge in [-0.15, -0.1) is 11.3 Å². The van der Waals surface area contributed by atoms with E-state index in [1.165, 1.54) is 11.3 Å². The molecule has 2 aromatic rings. The zero-order valence-electron chi connectivity index (χ0n) is 16.0. The molecule has 2 aliphatic heterocycles. The summed E-state index contributed by atoms with van der Waals surface area (Å²) in [5.74, 6) is 0.0402. The summed E-state index contributed by atoms with van der Waals surface area (Å²) in [7, 11) is 1.61. The van der Waals surface area contributed by atoms with Crippen LogP contribution < -0.4 is 15.0 Å². The number of aryl methyl sites for hydroxylation is 1. The van der Waals surface area contributed by atoms with Crippen LogP contribution in [0.4, 0.5) is 10.5 Å². The van der Waals surface area contributed by atoms with E-state index in [0.29, 0.717) is 11.4 Å². The maximum absolute atomic E-state index is 13.0. The van der Waals surface area contributed by atoms with Gasteiger partial charge in [-0.25, -0.2) is 4.79 Å². The summed E-state index contributed by atoms with van der Waals surface area (Å²) in [6.45, 7) is 1.92. The van der Waals surface area contributed by atoms with Crippen molar-refractivity contribution in [2.75, 3.05) is 25.1 Å². The number of hydrogen-bond donors (Lipinski definition) is 1. The van der Waals surface area contributed by atoms with E-state index < -0.39 is 17.5 Å². The van der Waals surface area contributed by atoms with Gasteiger partial charge >= 0.3 is 6.03 Å². The third kappa shape index (κ3) is 3.42. The topological polar surface area (TPSA) is 79.0 Å². The van der Waals surface area contributed by atoms with Crippen LogP contribution in [0.5, 0.6) is 5.75 Å². The fourth-order valence-corrected chi connectivity index (χ4v) is 5.25. The van der Waals surface area contributed by atoms with Crippen LogP contribution in [0.2, 0.25) is 0 Å². The van der Waals surface area contributed by atoms with E-state index in [1.54, 1.807) is 25.0 Å². The van der Waals surface area contributed by atoms with Gasteiger partial charge in [0, 0.05) is 17.1 Å². The van der Waals surface area contributed by atoms with Crippen molar-refractivity contribution in [1.82, 2.24) is 10.2 Å². The minimum absolute atomic E-state index is 0.281. The molecule has 1 atom stereocenters. The summed E-state index contributed by atoms with van der Waals surface area (Å²) < 4.78 is 6.13. The summed E-state index contributed by atoms with van der Waals surface area (Å²) >= 11 is 4.76. The van der Waals surface area contributed by atoms with Crippen molar-refractivity contribution in [2.24, 2.45) is 0 Å². The highest BCUT2D eigenvalue weighted by Crippen LogP contribution is 2.36. The van der Waals surface area contributed by atoms with Gasteiger partial charge in [0.2, 0.25) is 5.91 Å². The lowest BCUT2D eigenvalue weighted by Gasteiger charge is -2.30. The van der Waals surface area contributed by atoms with Gasteiger partial charge in [0.05, 0.1) is 10.9 Å². The molecule has 29 heavy (non-hydrogen) atoms. The van der Waals surface area contributed by atoms with Crippen molar-refractivity contribution in [3.63, 3.8) is 0 Å². The van der Waals surface area contributed by atoms with Gasteiger partial charge in [-0.05, 0) is 71.6 Å². The van der Waals surface area contributed by atoms with E-state index in [0.717, 1.165) is 38.5 Å². The Kier molecular flexibility index (Phi) is 5.12. The maximum Gasteiger partial charge on any atom is 0.325 e. The number of hydrogen-bond acceptors (Lipinski definition) is 5. The number of nitrogens with one attached hydrogen (secondary N) is 1. The van der Waals surface area contributed by atoms with Crippen LogP contribution in [0, 0.1) is 0 Å². The first-order valence-corrected chi connectivity index (χ1v) is 10.8. The fraction of sp³-hybridized carbons (Fsp3) is 0.350. The minimum atomic E-state index is -1.17. The average Bonchev–Trinajstić information content (AvgIpc) is 3.24. The van der Waals surface area contributed by atoms with Crippen molar-refractivity contribution in [3.05, 3.63) is 44.6 Å². The van der Waals surface area contributed by atoms with Crippen molar-refractivity contribution in [1.29, 1.82) is 0 Å². The van der Waals surface area contributed by atoms with Crippen molar-refractivity contribution in [2.45, 2.75) is 25.3 Å². The third-order valence-electron chi connectivity index (χ3n) is 5.34. The molecule has 9 heteroatoms. The molecule has 3 heterocycles. The van der Waals surface area contributed by atoms with Gasteiger partial charge < -0.3 is 15.0 Å². The number of fused-ring (bicyclic) bond motifs is 1. The number of anilines is 1. The number of amides is 4. The van der Waals surface area contributed by atoms with Crippen LogP contribution in [-0.4, -0.2) is 42.9 Å². The lowest BCUT2D eigenvalue weighted by Crippen LogP contribution is -2.45. The second kappa shape index (κ2) is 7.46. The van der Waals surface area contributed by atoms with Crippen LogP contribution in [0.25, 0.3) is 0 Å². The molecule has 1 saturated heterocycles. The van der Waals surface area contributed by atoms with E-state index in [-0.39, 0.29) is 12.5 Å². The van der Waals surface area contributed by atoms with Crippen molar-refractivity contribution in [3.8, 4) is 5.75 Å². The smallest absolute Gasteiger partial charge is 0.325 e. The third-order valence-corrected chi connectivity index (χ3v) is 7.19. The summed E-state index contributed by atoms with van der Waals surface area (Å²) in [6, 6.07) is 8.66. The predicted molar refractivity (Wildman–Crippen MR) is 113 cm³/mol. The van der Waals surface area contributed by atoms with E-state index >= 15 is 0 Å². The number of benzene rings is 1. The van der Waals surface area contributed by atoms with Crippen LogP contribution in [0.1, 0.15) is 23.8 Å². The van der Waals surface area contributed by atoms with Crippen LogP contribution in [0.3, 0.4) is 0 Å². The summed E-state index contributed by atoms with van der Waals surface area (Å²) in [6.07, 6.45) is 1.66. The van der Waals surface area contributed by atoms with E-state index in [2.05, 4.69) is 21.2 Å². The second-order valence-corrected chi connectivity index (χ2v) is 9.66. The quantitative estimate of drug-likeness (QED) is 0.685. The number of urea groups is 1. The predicted octanol–water partition coefficient (Wildman–Crippen LogP) is 3.27. The molecule has 1 aromatic carbocycles. The molecule has 4 rings (SSSR count). The highest BCUT2D eigenvalue weighted by Gasteiger charge is 2.50. The van der Waals surface area contributed by atoms with Crippen LogP contribution >= 0.6 is 27.3 Å². The summed E-state index contributed by atoms with van der Waals surface area (Å²) in [5, 5.41) is 2.74. The van der Waals surface area contributed by atoms with E-state index in [9.17, 15) is 14.4 Å². The molecule has 0 radical (unpaired) electrons. The summed E-state index contributed by atoms with van der Waals surface area (Å²) in [5.41, 5.74) is 0.662. The van der Waals surface area contributed by atoms with Crippen LogP contribution in [0.15, 0.2) is 34.1 Å². The summed E-state index contributed by atoms with van der Waals surface area (Å²) in [4.78, 5) is 42.0. The molecule has 1 fully saturated rings. The molecular weight excluding hydrogens is 458 g/mol. The molecule has 1 unspecified atom stereocenters. The molecule has 4 amide bonds. The number of halogens is 1. The molecule has 7 nitrogen and oxygen atoms in total. The SMILES string of the molecule is COc1ccc2c(c1)CCCN2C(=O)CN1C(=O)NC(C)(c2ccc(Br)s2)C1=O. The molecule has 1 N–H and O–H groups in total. The maximum atomic E-state index is 13.0.